The minimum Gasteiger partial charge on any atom is -0.480 e. The number of carboxylic acids is 1. The molecule has 14 heteroatoms. The second-order valence-electron chi connectivity index (χ2n) is 9.11. The maximum absolute atomic E-state index is 13.2. The summed E-state index contributed by atoms with van der Waals surface area (Å²) in [7, 11) is 0. The van der Waals surface area contributed by atoms with Gasteiger partial charge >= 0.3 is 5.97 Å². The highest BCUT2D eigenvalue weighted by Crippen LogP contribution is 2.08. The molecule has 0 saturated carbocycles. The summed E-state index contributed by atoms with van der Waals surface area (Å²) < 4.78 is 0. The molecule has 4 unspecified atom stereocenters. The lowest BCUT2D eigenvalue weighted by molar-refractivity contribution is -0.142. The summed E-state index contributed by atoms with van der Waals surface area (Å²) in [6.07, 6.45) is -0.0140. The number of guanidine groups is 1. The van der Waals surface area contributed by atoms with E-state index in [-0.39, 0.29) is 31.8 Å². The summed E-state index contributed by atoms with van der Waals surface area (Å²) in [5.74, 6) is -4.75. The Labute approximate surface area is 221 Å². The van der Waals surface area contributed by atoms with E-state index in [4.69, 9.17) is 22.9 Å². The van der Waals surface area contributed by atoms with Crippen LogP contribution in [-0.4, -0.2) is 71.4 Å². The van der Waals surface area contributed by atoms with Gasteiger partial charge in [-0.3, -0.25) is 24.2 Å². The minimum absolute atomic E-state index is 0.0479. The number of primary amides is 1. The van der Waals surface area contributed by atoms with Gasteiger partial charge in [0.1, 0.15) is 18.1 Å². The maximum Gasteiger partial charge on any atom is 0.326 e. The number of aliphatic carboxylic acids is 1. The van der Waals surface area contributed by atoms with Gasteiger partial charge in [-0.15, -0.1) is 0 Å². The molecule has 0 heterocycles. The number of carbonyl (C=O) groups excluding carboxylic acids is 4. The van der Waals surface area contributed by atoms with Crippen molar-refractivity contribution in [2.24, 2.45) is 33.8 Å². The second kappa shape index (κ2) is 15.8. The first-order chi connectivity index (χ1) is 17.8. The van der Waals surface area contributed by atoms with Gasteiger partial charge in [0.05, 0.1) is 12.5 Å². The number of nitrogens with two attached hydrogens (primary N) is 4. The number of hydrogen-bond acceptors (Lipinski definition) is 7. The first kappa shape index (κ1) is 31.8. The van der Waals surface area contributed by atoms with Gasteiger partial charge in [-0.25, -0.2) is 4.79 Å². The van der Waals surface area contributed by atoms with E-state index in [2.05, 4.69) is 20.9 Å². The minimum atomic E-state index is -1.26. The normalized spacial score (nSPS) is 13.9. The van der Waals surface area contributed by atoms with Crippen LogP contribution < -0.4 is 38.9 Å². The smallest absolute Gasteiger partial charge is 0.326 e. The molecule has 0 bridgehead atoms. The average molecular weight is 535 g/mol. The van der Waals surface area contributed by atoms with Gasteiger partial charge in [0.15, 0.2) is 5.96 Å². The van der Waals surface area contributed by atoms with E-state index in [1.807, 2.05) is 0 Å². The fraction of sp³-hybridized carbons (Fsp3) is 0.500. The molecule has 0 spiro atoms. The van der Waals surface area contributed by atoms with E-state index in [0.717, 1.165) is 0 Å². The van der Waals surface area contributed by atoms with E-state index in [1.54, 1.807) is 44.2 Å². The molecule has 0 aromatic heterocycles. The van der Waals surface area contributed by atoms with Gasteiger partial charge in [-0.2, -0.15) is 0 Å². The van der Waals surface area contributed by atoms with Crippen molar-refractivity contribution in [1.82, 2.24) is 16.0 Å². The summed E-state index contributed by atoms with van der Waals surface area (Å²) >= 11 is 0. The summed E-state index contributed by atoms with van der Waals surface area (Å²) in [6.45, 7) is 3.53. The van der Waals surface area contributed by atoms with Crippen LogP contribution in [0.15, 0.2) is 35.3 Å². The maximum atomic E-state index is 13.2. The molecular formula is C24H38N8O6. The molecule has 14 nitrogen and oxygen atoms in total. The van der Waals surface area contributed by atoms with E-state index in [9.17, 15) is 29.1 Å². The molecule has 12 N–H and O–H groups in total. The van der Waals surface area contributed by atoms with Crippen LogP contribution in [0.4, 0.5) is 0 Å². The Bertz CT molecular complexity index is 997. The van der Waals surface area contributed by atoms with Gasteiger partial charge < -0.3 is 44.0 Å². The molecule has 1 rings (SSSR count). The Morgan fingerprint density at radius 1 is 0.895 bits per heavy atom. The SMILES string of the molecule is CC(C)C(NC(=O)C(N)CC(N)=O)C(=O)NC(Cc1ccccc1)C(=O)NC(CCCN=C(N)N)C(=O)O. The summed E-state index contributed by atoms with van der Waals surface area (Å²) in [4.78, 5) is 65.4. The molecule has 0 aliphatic carbocycles. The first-order valence-electron chi connectivity index (χ1n) is 12.1. The molecule has 38 heavy (non-hydrogen) atoms. The van der Waals surface area contributed by atoms with E-state index >= 15 is 0 Å². The van der Waals surface area contributed by atoms with E-state index < -0.39 is 66.1 Å². The van der Waals surface area contributed by atoms with Crippen LogP contribution in [0, 0.1) is 5.92 Å². The molecular weight excluding hydrogens is 496 g/mol. The Morgan fingerprint density at radius 2 is 1.50 bits per heavy atom. The number of carbonyl (C=O) groups is 5. The number of aliphatic imine (C=N–C) groups is 1. The standard InChI is InChI=1S/C24H38N8O6/c1-13(2)19(32-20(34)15(25)12-18(26)33)22(36)31-17(11-14-7-4-3-5-8-14)21(35)30-16(23(37)38)9-6-10-29-24(27)28/h3-5,7-8,13,15-17,19H,6,9-12,25H2,1-2H3,(H2,26,33)(H,30,35)(H,31,36)(H,32,34)(H,37,38)(H4,27,28,29). The monoisotopic (exact) mass is 534 g/mol. The third kappa shape index (κ3) is 11.7. The van der Waals surface area contributed by atoms with Gasteiger partial charge in [0.2, 0.25) is 23.6 Å². The molecule has 0 radical (unpaired) electrons. The third-order valence-corrected chi connectivity index (χ3v) is 5.48. The molecule has 210 valence electrons. The third-order valence-electron chi connectivity index (χ3n) is 5.48. The number of benzene rings is 1. The van der Waals surface area contributed by atoms with Crippen LogP contribution in [-0.2, 0) is 30.4 Å². The van der Waals surface area contributed by atoms with Crippen molar-refractivity contribution in [3.8, 4) is 0 Å². The Hall–Kier alpha value is -4.20. The summed E-state index contributed by atoms with van der Waals surface area (Å²) in [5, 5.41) is 17.1. The van der Waals surface area contributed by atoms with Crippen molar-refractivity contribution in [2.75, 3.05) is 6.54 Å². The van der Waals surface area contributed by atoms with Crippen LogP contribution in [0.5, 0.6) is 0 Å². The lowest BCUT2D eigenvalue weighted by atomic mass is 10.00. The molecule has 0 fully saturated rings. The predicted molar refractivity (Wildman–Crippen MR) is 140 cm³/mol. The van der Waals surface area contributed by atoms with Crippen molar-refractivity contribution in [2.45, 2.75) is 63.7 Å². The molecule has 0 aliphatic heterocycles. The zero-order chi connectivity index (χ0) is 28.8. The van der Waals surface area contributed by atoms with Crippen molar-refractivity contribution in [3.05, 3.63) is 35.9 Å². The Kier molecular flexibility index (Phi) is 13.2. The van der Waals surface area contributed by atoms with Gasteiger partial charge in [-0.1, -0.05) is 44.2 Å². The van der Waals surface area contributed by atoms with E-state index in [0.29, 0.717) is 5.56 Å². The number of hydrogen-bond donors (Lipinski definition) is 8. The molecule has 1 aromatic carbocycles. The number of nitrogens with one attached hydrogen (secondary N) is 3. The number of rotatable bonds is 16. The van der Waals surface area contributed by atoms with Crippen molar-refractivity contribution in [1.29, 1.82) is 0 Å². The zero-order valence-corrected chi connectivity index (χ0v) is 21.6. The topological polar surface area (TPSA) is 258 Å². The van der Waals surface area contributed by atoms with Crippen molar-refractivity contribution >= 4 is 35.6 Å². The second-order valence-corrected chi connectivity index (χ2v) is 9.11. The highest BCUT2D eigenvalue weighted by molar-refractivity contribution is 5.95. The Morgan fingerprint density at radius 3 is 2.03 bits per heavy atom. The fourth-order valence-electron chi connectivity index (χ4n) is 3.46. The number of amides is 4. The molecule has 0 aliphatic rings. The first-order valence-corrected chi connectivity index (χ1v) is 12.1. The molecule has 4 atom stereocenters. The van der Waals surface area contributed by atoms with Crippen LogP contribution in [0.2, 0.25) is 0 Å². The van der Waals surface area contributed by atoms with Crippen molar-refractivity contribution < 1.29 is 29.1 Å². The van der Waals surface area contributed by atoms with Crippen LogP contribution in [0.3, 0.4) is 0 Å². The number of nitrogens with zero attached hydrogens (tertiary/aromatic N) is 1. The predicted octanol–water partition coefficient (Wildman–Crippen LogP) is -2.32. The lowest BCUT2D eigenvalue weighted by Gasteiger charge is -2.27. The van der Waals surface area contributed by atoms with Crippen LogP contribution in [0.1, 0.15) is 38.7 Å². The molecule has 1 aromatic rings. The van der Waals surface area contributed by atoms with Crippen molar-refractivity contribution in [3.63, 3.8) is 0 Å². The number of carboxylic acid groups (broad SMARTS) is 1. The summed E-state index contributed by atoms with van der Waals surface area (Å²) in [5.41, 5.74) is 22.0. The highest BCUT2D eigenvalue weighted by atomic mass is 16.4. The zero-order valence-electron chi connectivity index (χ0n) is 21.6. The summed E-state index contributed by atoms with van der Waals surface area (Å²) in [6, 6.07) is 4.04. The van der Waals surface area contributed by atoms with E-state index in [1.165, 1.54) is 0 Å². The van der Waals surface area contributed by atoms with Crippen LogP contribution >= 0.6 is 0 Å². The van der Waals surface area contributed by atoms with Gasteiger partial charge in [-0.05, 0) is 24.3 Å². The quantitative estimate of drug-likeness (QED) is 0.0642. The Balaban J connectivity index is 3.06. The van der Waals surface area contributed by atoms with Gasteiger partial charge in [0.25, 0.3) is 0 Å². The molecule has 4 amide bonds. The average Bonchev–Trinajstić information content (AvgIpc) is 2.83. The highest BCUT2D eigenvalue weighted by Gasteiger charge is 2.32. The van der Waals surface area contributed by atoms with Gasteiger partial charge in [0, 0.05) is 13.0 Å². The molecule has 0 saturated heterocycles. The largest absolute Gasteiger partial charge is 0.480 e. The lowest BCUT2D eigenvalue weighted by Crippen LogP contribution is -2.59. The fourth-order valence-corrected chi connectivity index (χ4v) is 3.46. The van der Waals surface area contributed by atoms with Crippen LogP contribution in [0.25, 0.3) is 0 Å².